The molecule has 146 valence electrons. The van der Waals surface area contributed by atoms with Crippen LogP contribution >= 0.6 is 0 Å². The van der Waals surface area contributed by atoms with Crippen molar-refractivity contribution < 1.29 is 9.47 Å². The fourth-order valence-electron chi connectivity index (χ4n) is 4.04. The molecule has 0 radical (unpaired) electrons. The summed E-state index contributed by atoms with van der Waals surface area (Å²) in [5.41, 5.74) is 0.872. The first-order chi connectivity index (χ1) is 13.2. The minimum absolute atomic E-state index is 0.116. The summed E-state index contributed by atoms with van der Waals surface area (Å²) in [4.78, 5) is 9.30. The standard InChI is InChI=1S/C21H30N4O2/c1-14(2)23-16-6-8-17(9-7-16)24-21-22-12-15-4-3-5-19(20(15)25-21)27-18-10-11-26-13-18/h3-5,12,14,16-18,23H,6-11,13H2,1-2H3,(H,22,24,25). The second-order valence-corrected chi connectivity index (χ2v) is 8.01. The Balaban J connectivity index is 1.43. The van der Waals surface area contributed by atoms with Gasteiger partial charge in [-0.15, -0.1) is 0 Å². The number of anilines is 1. The topological polar surface area (TPSA) is 68.3 Å². The van der Waals surface area contributed by atoms with Gasteiger partial charge in [0.05, 0.1) is 13.2 Å². The van der Waals surface area contributed by atoms with Crippen LogP contribution in [-0.4, -0.2) is 47.4 Å². The average molecular weight is 370 g/mol. The number of para-hydroxylation sites is 1. The van der Waals surface area contributed by atoms with Crippen LogP contribution in [0.2, 0.25) is 0 Å². The van der Waals surface area contributed by atoms with Crippen LogP contribution in [0, 0.1) is 0 Å². The molecule has 1 saturated carbocycles. The molecular weight excluding hydrogens is 340 g/mol. The summed E-state index contributed by atoms with van der Waals surface area (Å²) in [5.74, 6) is 1.51. The van der Waals surface area contributed by atoms with Gasteiger partial charge in [-0.2, -0.15) is 0 Å². The SMILES string of the molecule is CC(C)NC1CCC(Nc2ncc3cccc(OC4CCOC4)c3n2)CC1. The van der Waals surface area contributed by atoms with Gasteiger partial charge in [0.15, 0.2) is 0 Å². The summed E-state index contributed by atoms with van der Waals surface area (Å²) >= 11 is 0. The summed E-state index contributed by atoms with van der Waals surface area (Å²) < 4.78 is 11.6. The lowest BCUT2D eigenvalue weighted by Gasteiger charge is -2.31. The molecule has 6 nitrogen and oxygen atoms in total. The van der Waals surface area contributed by atoms with E-state index in [-0.39, 0.29) is 6.10 Å². The first-order valence-corrected chi connectivity index (χ1v) is 10.2. The Bertz CT molecular complexity index is 753. The number of fused-ring (bicyclic) bond motifs is 1. The molecule has 4 rings (SSSR count). The van der Waals surface area contributed by atoms with Crippen molar-refractivity contribution in [2.75, 3.05) is 18.5 Å². The largest absolute Gasteiger partial charge is 0.486 e. The second-order valence-electron chi connectivity index (χ2n) is 8.01. The van der Waals surface area contributed by atoms with Gasteiger partial charge in [0.1, 0.15) is 17.4 Å². The van der Waals surface area contributed by atoms with Crippen LogP contribution in [0.3, 0.4) is 0 Å². The van der Waals surface area contributed by atoms with E-state index in [4.69, 9.17) is 14.5 Å². The maximum absolute atomic E-state index is 6.13. The van der Waals surface area contributed by atoms with Crippen molar-refractivity contribution in [1.82, 2.24) is 15.3 Å². The van der Waals surface area contributed by atoms with Crippen molar-refractivity contribution in [2.24, 2.45) is 0 Å². The predicted molar refractivity (Wildman–Crippen MR) is 107 cm³/mol. The van der Waals surface area contributed by atoms with Gasteiger partial charge >= 0.3 is 0 Å². The van der Waals surface area contributed by atoms with Crippen molar-refractivity contribution in [1.29, 1.82) is 0 Å². The lowest BCUT2D eigenvalue weighted by atomic mass is 9.91. The zero-order chi connectivity index (χ0) is 18.6. The lowest BCUT2D eigenvalue weighted by Crippen LogP contribution is -2.40. The second kappa shape index (κ2) is 8.40. The monoisotopic (exact) mass is 370 g/mol. The molecule has 1 aromatic carbocycles. The Labute approximate surface area is 161 Å². The van der Waals surface area contributed by atoms with Crippen molar-refractivity contribution in [2.45, 2.75) is 70.2 Å². The first kappa shape index (κ1) is 18.4. The zero-order valence-corrected chi connectivity index (χ0v) is 16.3. The smallest absolute Gasteiger partial charge is 0.223 e. The van der Waals surface area contributed by atoms with Gasteiger partial charge in [-0.05, 0) is 31.7 Å². The van der Waals surface area contributed by atoms with Crippen LogP contribution in [-0.2, 0) is 4.74 Å². The number of hydrogen-bond donors (Lipinski definition) is 2. The van der Waals surface area contributed by atoms with E-state index in [9.17, 15) is 0 Å². The summed E-state index contributed by atoms with van der Waals surface area (Å²) in [6.07, 6.45) is 7.60. The first-order valence-electron chi connectivity index (χ1n) is 10.2. The van der Waals surface area contributed by atoms with Crippen LogP contribution in [0.15, 0.2) is 24.4 Å². The van der Waals surface area contributed by atoms with Crippen molar-refractivity contribution in [3.63, 3.8) is 0 Å². The van der Waals surface area contributed by atoms with Crippen LogP contribution < -0.4 is 15.4 Å². The van der Waals surface area contributed by atoms with E-state index in [2.05, 4.69) is 29.5 Å². The van der Waals surface area contributed by atoms with Crippen molar-refractivity contribution in [3.8, 4) is 5.75 Å². The molecule has 0 bridgehead atoms. The van der Waals surface area contributed by atoms with Crippen molar-refractivity contribution >= 4 is 16.9 Å². The molecule has 1 aliphatic carbocycles. The Morgan fingerprint density at radius 2 is 1.93 bits per heavy atom. The summed E-state index contributed by atoms with van der Waals surface area (Å²) in [7, 11) is 0. The van der Waals surface area contributed by atoms with Gasteiger partial charge in [-0.3, -0.25) is 0 Å². The van der Waals surface area contributed by atoms with Crippen LogP contribution in [0.1, 0.15) is 46.0 Å². The maximum Gasteiger partial charge on any atom is 0.223 e. The molecule has 27 heavy (non-hydrogen) atoms. The number of ether oxygens (including phenoxy) is 2. The third kappa shape index (κ3) is 4.68. The molecular formula is C21H30N4O2. The molecule has 2 heterocycles. The number of nitrogens with one attached hydrogen (secondary N) is 2. The number of benzene rings is 1. The fraction of sp³-hybridized carbons (Fsp3) is 0.619. The van der Waals surface area contributed by atoms with Gasteiger partial charge in [0.25, 0.3) is 0 Å². The highest BCUT2D eigenvalue weighted by atomic mass is 16.5. The van der Waals surface area contributed by atoms with E-state index in [0.717, 1.165) is 42.5 Å². The molecule has 1 aliphatic heterocycles. The molecule has 2 aliphatic rings. The highest BCUT2D eigenvalue weighted by Crippen LogP contribution is 2.27. The van der Waals surface area contributed by atoms with E-state index in [1.165, 1.54) is 12.8 Å². The van der Waals surface area contributed by atoms with Gasteiger partial charge in [0.2, 0.25) is 5.95 Å². The fourth-order valence-corrected chi connectivity index (χ4v) is 4.04. The Hall–Kier alpha value is -1.92. The zero-order valence-electron chi connectivity index (χ0n) is 16.3. The Morgan fingerprint density at radius 3 is 2.67 bits per heavy atom. The average Bonchev–Trinajstić information content (AvgIpc) is 3.17. The maximum atomic E-state index is 6.13. The molecule has 6 heteroatoms. The minimum atomic E-state index is 0.116. The highest BCUT2D eigenvalue weighted by molar-refractivity contribution is 5.84. The molecule has 0 spiro atoms. The molecule has 0 amide bonds. The third-order valence-corrected chi connectivity index (χ3v) is 5.38. The lowest BCUT2D eigenvalue weighted by molar-refractivity contribution is 0.142. The van der Waals surface area contributed by atoms with Gasteiger partial charge in [-0.25, -0.2) is 9.97 Å². The number of hydrogen-bond acceptors (Lipinski definition) is 6. The minimum Gasteiger partial charge on any atom is -0.486 e. The van der Waals surface area contributed by atoms with Gasteiger partial charge in [-0.1, -0.05) is 26.0 Å². The summed E-state index contributed by atoms with van der Waals surface area (Å²) in [6, 6.07) is 7.62. The van der Waals surface area contributed by atoms with E-state index in [1.54, 1.807) is 0 Å². The van der Waals surface area contributed by atoms with Crippen LogP contribution in [0.5, 0.6) is 5.75 Å². The Morgan fingerprint density at radius 1 is 1.11 bits per heavy atom. The normalized spacial score (nSPS) is 25.8. The molecule has 2 N–H and O–H groups in total. The predicted octanol–water partition coefficient (Wildman–Crippen LogP) is 3.52. The molecule has 1 atom stereocenters. The van der Waals surface area contributed by atoms with Gasteiger partial charge < -0.3 is 20.1 Å². The molecule has 1 unspecified atom stereocenters. The van der Waals surface area contributed by atoms with E-state index < -0.39 is 0 Å². The van der Waals surface area contributed by atoms with Crippen LogP contribution in [0.4, 0.5) is 5.95 Å². The number of aromatic nitrogens is 2. The summed E-state index contributed by atoms with van der Waals surface area (Å²) in [5, 5.41) is 8.19. The molecule has 2 aromatic rings. The molecule has 2 fully saturated rings. The number of rotatable bonds is 6. The quantitative estimate of drug-likeness (QED) is 0.811. The third-order valence-electron chi connectivity index (χ3n) is 5.38. The van der Waals surface area contributed by atoms with E-state index in [0.29, 0.717) is 30.7 Å². The number of nitrogens with zero attached hydrogens (tertiary/aromatic N) is 2. The van der Waals surface area contributed by atoms with Crippen LogP contribution in [0.25, 0.3) is 10.9 Å². The Kier molecular flexibility index (Phi) is 5.74. The van der Waals surface area contributed by atoms with Gasteiger partial charge in [0, 0.05) is 36.1 Å². The van der Waals surface area contributed by atoms with E-state index in [1.807, 2.05) is 24.4 Å². The van der Waals surface area contributed by atoms with Crippen molar-refractivity contribution in [3.05, 3.63) is 24.4 Å². The molecule has 1 saturated heterocycles. The highest BCUT2D eigenvalue weighted by Gasteiger charge is 2.22. The van der Waals surface area contributed by atoms with E-state index >= 15 is 0 Å². The summed E-state index contributed by atoms with van der Waals surface area (Å²) in [6.45, 7) is 5.85. The molecule has 1 aromatic heterocycles.